The minimum Gasteiger partial charge on any atom is -0.486 e. The lowest BCUT2D eigenvalue weighted by Gasteiger charge is -2.12. The molecule has 0 radical (unpaired) electrons. The van der Waals surface area contributed by atoms with Gasteiger partial charge in [-0.2, -0.15) is 0 Å². The maximum atomic E-state index is 5.88. The van der Waals surface area contributed by atoms with Crippen LogP contribution in [0.15, 0.2) is 61.2 Å². The summed E-state index contributed by atoms with van der Waals surface area (Å²) in [6, 6.07) is 15.5. The summed E-state index contributed by atoms with van der Waals surface area (Å²) in [4.78, 5) is 0. The Labute approximate surface area is 107 Å². The highest BCUT2D eigenvalue weighted by Gasteiger charge is 2.06. The van der Waals surface area contributed by atoms with Crippen molar-refractivity contribution in [3.05, 3.63) is 66.7 Å². The largest absolute Gasteiger partial charge is 0.486 e. The average Bonchev–Trinajstić information content (AvgIpc) is 2.40. The minimum atomic E-state index is 0.466. The van der Waals surface area contributed by atoms with Crippen molar-refractivity contribution < 1.29 is 9.47 Å². The molecule has 0 N–H and O–H groups in total. The first-order valence-electron chi connectivity index (χ1n) is 5.87. The number of para-hydroxylation sites is 3. The fourth-order valence-corrected chi connectivity index (χ4v) is 1.59. The molecule has 92 valence electrons. The Bertz CT molecular complexity index is 532. The molecule has 0 amide bonds. The van der Waals surface area contributed by atoms with Gasteiger partial charge in [-0.3, -0.25) is 0 Å². The van der Waals surface area contributed by atoms with Gasteiger partial charge in [-0.25, -0.2) is 0 Å². The second kappa shape index (κ2) is 5.92. The molecule has 0 fully saturated rings. The maximum Gasteiger partial charge on any atom is 0.169 e. The van der Waals surface area contributed by atoms with Crippen molar-refractivity contribution in [2.75, 3.05) is 6.61 Å². The highest BCUT2D eigenvalue weighted by atomic mass is 16.5. The molecular weight excluding hydrogens is 224 g/mol. The molecule has 0 saturated carbocycles. The Morgan fingerprint density at radius 2 is 1.56 bits per heavy atom. The van der Waals surface area contributed by atoms with Crippen molar-refractivity contribution >= 4 is 0 Å². The van der Waals surface area contributed by atoms with E-state index in [1.165, 1.54) is 0 Å². The second-order valence-corrected chi connectivity index (χ2v) is 3.91. The van der Waals surface area contributed by atoms with Gasteiger partial charge >= 0.3 is 0 Å². The van der Waals surface area contributed by atoms with Crippen LogP contribution in [0.2, 0.25) is 0 Å². The Morgan fingerprint density at radius 3 is 2.22 bits per heavy atom. The van der Waals surface area contributed by atoms with Crippen molar-refractivity contribution in [1.29, 1.82) is 0 Å². The van der Waals surface area contributed by atoms with Crippen LogP contribution in [-0.4, -0.2) is 6.61 Å². The van der Waals surface area contributed by atoms with E-state index in [-0.39, 0.29) is 0 Å². The molecule has 0 heterocycles. The minimum absolute atomic E-state index is 0.466. The van der Waals surface area contributed by atoms with Crippen molar-refractivity contribution in [2.45, 2.75) is 6.92 Å². The van der Waals surface area contributed by atoms with Gasteiger partial charge in [0, 0.05) is 0 Å². The third kappa shape index (κ3) is 2.92. The summed E-state index contributed by atoms with van der Waals surface area (Å²) < 4.78 is 11.4. The molecule has 2 heteroatoms. The first kappa shape index (κ1) is 12.2. The molecule has 2 nitrogen and oxygen atoms in total. The Kier molecular flexibility index (Phi) is 4.02. The van der Waals surface area contributed by atoms with Gasteiger partial charge in [-0.15, -0.1) is 0 Å². The zero-order valence-electron chi connectivity index (χ0n) is 10.4. The van der Waals surface area contributed by atoms with Crippen LogP contribution >= 0.6 is 0 Å². The van der Waals surface area contributed by atoms with Crippen molar-refractivity contribution in [3.63, 3.8) is 0 Å². The van der Waals surface area contributed by atoms with E-state index in [0.717, 1.165) is 17.1 Å². The number of rotatable bonds is 5. The molecule has 0 atom stereocenters. The van der Waals surface area contributed by atoms with Gasteiger partial charge in [0.05, 0.1) is 0 Å². The van der Waals surface area contributed by atoms with Crippen LogP contribution in [0, 0.1) is 6.92 Å². The SMILES string of the molecule is C=CCOc1ccccc1Oc1ccccc1C. The van der Waals surface area contributed by atoms with E-state index in [1.54, 1.807) is 6.08 Å². The number of ether oxygens (including phenoxy) is 2. The smallest absolute Gasteiger partial charge is 0.169 e. The average molecular weight is 240 g/mol. The van der Waals surface area contributed by atoms with Crippen LogP contribution < -0.4 is 9.47 Å². The molecule has 2 aromatic rings. The fourth-order valence-electron chi connectivity index (χ4n) is 1.59. The predicted octanol–water partition coefficient (Wildman–Crippen LogP) is 4.35. The monoisotopic (exact) mass is 240 g/mol. The molecule has 0 spiro atoms. The van der Waals surface area contributed by atoms with Gasteiger partial charge in [-0.1, -0.05) is 43.0 Å². The Morgan fingerprint density at radius 1 is 0.944 bits per heavy atom. The lowest BCUT2D eigenvalue weighted by Crippen LogP contribution is -1.96. The van der Waals surface area contributed by atoms with Crippen LogP contribution in [0.25, 0.3) is 0 Å². The van der Waals surface area contributed by atoms with Crippen LogP contribution in [0.4, 0.5) is 0 Å². The topological polar surface area (TPSA) is 18.5 Å². The first-order chi connectivity index (χ1) is 8.81. The van der Waals surface area contributed by atoms with Gasteiger partial charge in [0.2, 0.25) is 0 Å². The summed E-state index contributed by atoms with van der Waals surface area (Å²) in [6.45, 7) is 6.12. The molecule has 2 aromatic carbocycles. The van der Waals surface area contributed by atoms with Gasteiger partial charge in [-0.05, 0) is 30.7 Å². The third-order valence-corrected chi connectivity index (χ3v) is 2.52. The van der Waals surface area contributed by atoms with E-state index in [9.17, 15) is 0 Å². The van der Waals surface area contributed by atoms with E-state index < -0.39 is 0 Å². The van der Waals surface area contributed by atoms with Gasteiger partial charge in [0.25, 0.3) is 0 Å². The maximum absolute atomic E-state index is 5.88. The normalized spacial score (nSPS) is 9.83. The first-order valence-corrected chi connectivity index (χ1v) is 5.87. The molecule has 0 aromatic heterocycles. The molecule has 18 heavy (non-hydrogen) atoms. The standard InChI is InChI=1S/C16H16O2/c1-3-12-17-15-10-6-7-11-16(15)18-14-9-5-4-8-13(14)2/h3-11H,1,12H2,2H3. The molecule has 0 unspecified atom stereocenters. The molecule has 2 rings (SSSR count). The number of benzene rings is 2. The summed E-state index contributed by atoms with van der Waals surface area (Å²) in [7, 11) is 0. The van der Waals surface area contributed by atoms with E-state index >= 15 is 0 Å². The molecule has 0 saturated heterocycles. The number of aryl methyl sites for hydroxylation is 1. The van der Waals surface area contributed by atoms with E-state index in [0.29, 0.717) is 12.4 Å². The zero-order valence-corrected chi connectivity index (χ0v) is 10.4. The third-order valence-electron chi connectivity index (χ3n) is 2.52. The zero-order chi connectivity index (χ0) is 12.8. The second-order valence-electron chi connectivity index (χ2n) is 3.91. The van der Waals surface area contributed by atoms with Gasteiger partial charge in [0.15, 0.2) is 11.5 Å². The summed E-state index contributed by atoms with van der Waals surface area (Å²) in [5.41, 5.74) is 1.09. The van der Waals surface area contributed by atoms with Crippen LogP contribution in [0.5, 0.6) is 17.2 Å². The summed E-state index contributed by atoms with van der Waals surface area (Å²) in [5, 5.41) is 0. The molecule has 0 aliphatic carbocycles. The van der Waals surface area contributed by atoms with E-state index in [4.69, 9.17) is 9.47 Å². The molecule has 0 bridgehead atoms. The molecule has 0 aliphatic rings. The van der Waals surface area contributed by atoms with E-state index in [2.05, 4.69) is 6.58 Å². The van der Waals surface area contributed by atoms with E-state index in [1.807, 2.05) is 55.5 Å². The summed E-state index contributed by atoms with van der Waals surface area (Å²) in [6.07, 6.45) is 1.71. The van der Waals surface area contributed by atoms with Gasteiger partial charge < -0.3 is 9.47 Å². The van der Waals surface area contributed by atoms with Crippen molar-refractivity contribution in [3.8, 4) is 17.2 Å². The van der Waals surface area contributed by atoms with Crippen LogP contribution in [0.1, 0.15) is 5.56 Å². The quantitative estimate of drug-likeness (QED) is 0.723. The Hall–Kier alpha value is -2.22. The van der Waals surface area contributed by atoms with Crippen molar-refractivity contribution in [1.82, 2.24) is 0 Å². The number of hydrogen-bond acceptors (Lipinski definition) is 2. The molecule has 0 aliphatic heterocycles. The predicted molar refractivity (Wildman–Crippen MR) is 73.4 cm³/mol. The van der Waals surface area contributed by atoms with Crippen LogP contribution in [0.3, 0.4) is 0 Å². The highest BCUT2D eigenvalue weighted by molar-refractivity contribution is 5.44. The fraction of sp³-hybridized carbons (Fsp3) is 0.125. The van der Waals surface area contributed by atoms with Gasteiger partial charge in [0.1, 0.15) is 12.4 Å². The van der Waals surface area contributed by atoms with Crippen molar-refractivity contribution in [2.24, 2.45) is 0 Å². The summed E-state index contributed by atoms with van der Waals surface area (Å²) >= 11 is 0. The molecular formula is C16H16O2. The van der Waals surface area contributed by atoms with Crippen LogP contribution in [-0.2, 0) is 0 Å². The number of hydrogen-bond donors (Lipinski definition) is 0. The lowest BCUT2D eigenvalue weighted by atomic mass is 10.2. The Balaban J connectivity index is 2.23. The highest BCUT2D eigenvalue weighted by Crippen LogP contribution is 2.32. The lowest BCUT2D eigenvalue weighted by molar-refractivity contribution is 0.340. The summed E-state index contributed by atoms with van der Waals surface area (Å²) in [5.74, 6) is 2.28.